The maximum atomic E-state index is 12.1. The molecule has 2 amide bonds. The number of carbonyl (C=O) groups is 3. The number of hydrogen-bond donors (Lipinski definition) is 3. The van der Waals surface area contributed by atoms with Gasteiger partial charge in [-0.25, -0.2) is 0 Å². The van der Waals surface area contributed by atoms with Gasteiger partial charge in [0, 0.05) is 5.02 Å². The van der Waals surface area contributed by atoms with Gasteiger partial charge in [-0.3, -0.25) is 25.2 Å². The zero-order chi connectivity index (χ0) is 18.4. The van der Waals surface area contributed by atoms with Gasteiger partial charge >= 0.3 is 5.97 Å². The van der Waals surface area contributed by atoms with Gasteiger partial charge in [0.25, 0.3) is 5.91 Å². The Kier molecular flexibility index (Phi) is 6.64. The number of ether oxygens (including phenoxy) is 1. The van der Waals surface area contributed by atoms with Crippen molar-refractivity contribution in [1.29, 1.82) is 0 Å². The van der Waals surface area contributed by atoms with Gasteiger partial charge in [0.2, 0.25) is 5.91 Å². The molecule has 1 fully saturated rings. The first-order valence-corrected chi connectivity index (χ1v) is 8.46. The number of benzene rings is 1. The van der Waals surface area contributed by atoms with Crippen LogP contribution >= 0.6 is 11.6 Å². The van der Waals surface area contributed by atoms with Crippen molar-refractivity contribution in [2.24, 2.45) is 11.8 Å². The van der Waals surface area contributed by atoms with Crippen molar-refractivity contribution in [3.8, 4) is 5.75 Å². The molecule has 136 valence electrons. The number of carboxylic acids is 1. The number of carbonyl (C=O) groups excluding carboxylic acids is 2. The van der Waals surface area contributed by atoms with Gasteiger partial charge < -0.3 is 9.84 Å². The summed E-state index contributed by atoms with van der Waals surface area (Å²) in [4.78, 5) is 35.2. The fourth-order valence-electron chi connectivity index (χ4n) is 2.92. The van der Waals surface area contributed by atoms with Crippen molar-refractivity contribution in [3.05, 3.63) is 28.8 Å². The van der Waals surface area contributed by atoms with Crippen molar-refractivity contribution in [1.82, 2.24) is 10.9 Å². The SMILES string of the molecule is Cc1cc(Cl)ccc1OCC(=O)NNC(=O)C1CCCCC1C(=O)O. The van der Waals surface area contributed by atoms with Crippen LogP contribution in [0, 0.1) is 18.8 Å². The molecule has 8 heteroatoms. The van der Waals surface area contributed by atoms with Gasteiger partial charge in [-0.2, -0.15) is 0 Å². The van der Waals surface area contributed by atoms with E-state index in [4.69, 9.17) is 16.3 Å². The molecular formula is C17H21ClN2O5. The van der Waals surface area contributed by atoms with Gasteiger partial charge in [-0.1, -0.05) is 24.4 Å². The Morgan fingerprint density at radius 3 is 2.52 bits per heavy atom. The average molecular weight is 369 g/mol. The summed E-state index contributed by atoms with van der Waals surface area (Å²) in [5, 5.41) is 9.77. The Bertz CT molecular complexity index is 664. The van der Waals surface area contributed by atoms with Gasteiger partial charge in [0.05, 0.1) is 11.8 Å². The zero-order valence-corrected chi connectivity index (χ0v) is 14.6. The quantitative estimate of drug-likeness (QED) is 0.690. The average Bonchev–Trinajstić information content (AvgIpc) is 2.58. The normalized spacial score (nSPS) is 19.8. The minimum absolute atomic E-state index is 0.282. The second kappa shape index (κ2) is 8.71. The molecule has 1 aromatic carbocycles. The van der Waals surface area contributed by atoms with E-state index in [1.54, 1.807) is 25.1 Å². The lowest BCUT2D eigenvalue weighted by Gasteiger charge is -2.27. The summed E-state index contributed by atoms with van der Waals surface area (Å²) in [6.07, 6.45) is 2.57. The third kappa shape index (κ3) is 5.35. The van der Waals surface area contributed by atoms with Crippen molar-refractivity contribution < 1.29 is 24.2 Å². The van der Waals surface area contributed by atoms with E-state index >= 15 is 0 Å². The van der Waals surface area contributed by atoms with Crippen molar-refractivity contribution in [3.63, 3.8) is 0 Å². The molecule has 7 nitrogen and oxygen atoms in total. The minimum Gasteiger partial charge on any atom is -0.483 e. The van der Waals surface area contributed by atoms with E-state index in [-0.39, 0.29) is 6.61 Å². The van der Waals surface area contributed by atoms with E-state index in [1.165, 1.54) is 0 Å². The molecule has 3 N–H and O–H groups in total. The van der Waals surface area contributed by atoms with Crippen LogP contribution in [0.1, 0.15) is 31.2 Å². The Balaban J connectivity index is 1.80. The summed E-state index contributed by atoms with van der Waals surface area (Å²) in [6, 6.07) is 5.02. The largest absolute Gasteiger partial charge is 0.483 e. The van der Waals surface area contributed by atoms with E-state index in [0.717, 1.165) is 18.4 Å². The number of carboxylic acid groups (broad SMARTS) is 1. The molecule has 0 aliphatic heterocycles. The molecule has 2 atom stereocenters. The predicted molar refractivity (Wildman–Crippen MR) is 91.1 cm³/mol. The van der Waals surface area contributed by atoms with E-state index in [1.807, 2.05) is 0 Å². The number of aryl methyl sites for hydroxylation is 1. The van der Waals surface area contributed by atoms with Crippen molar-refractivity contribution in [2.45, 2.75) is 32.6 Å². The lowest BCUT2D eigenvalue weighted by Crippen LogP contribution is -2.49. The van der Waals surface area contributed by atoms with Gasteiger partial charge in [0.1, 0.15) is 5.75 Å². The van der Waals surface area contributed by atoms with E-state index < -0.39 is 29.6 Å². The van der Waals surface area contributed by atoms with E-state index in [0.29, 0.717) is 23.6 Å². The molecule has 0 radical (unpaired) electrons. The third-order valence-electron chi connectivity index (χ3n) is 4.24. The van der Waals surface area contributed by atoms with Crippen molar-refractivity contribution >= 4 is 29.4 Å². The highest BCUT2D eigenvalue weighted by Gasteiger charge is 2.35. The number of hydrogen-bond acceptors (Lipinski definition) is 4. The van der Waals surface area contributed by atoms with Crippen LogP contribution in [0.15, 0.2) is 18.2 Å². The summed E-state index contributed by atoms with van der Waals surface area (Å²) in [7, 11) is 0. The van der Waals surface area contributed by atoms with Crippen LogP contribution in [-0.4, -0.2) is 29.5 Å². The van der Waals surface area contributed by atoms with Crippen LogP contribution in [0.5, 0.6) is 5.75 Å². The predicted octanol–water partition coefficient (Wildman–Crippen LogP) is 2.07. The van der Waals surface area contributed by atoms with Crippen LogP contribution in [0.25, 0.3) is 0 Å². The van der Waals surface area contributed by atoms with Gasteiger partial charge in [0.15, 0.2) is 6.61 Å². The summed E-state index contributed by atoms with van der Waals surface area (Å²) >= 11 is 5.85. The standard InChI is InChI=1S/C17H21ClN2O5/c1-10-8-11(18)6-7-14(10)25-9-15(21)19-20-16(22)12-4-2-3-5-13(12)17(23)24/h6-8,12-13H,2-5,9H2,1H3,(H,19,21)(H,20,22)(H,23,24). The molecule has 0 saturated heterocycles. The number of rotatable bonds is 5. The number of nitrogens with one attached hydrogen (secondary N) is 2. The van der Waals surface area contributed by atoms with Crippen LogP contribution in [0.2, 0.25) is 5.02 Å². The Hall–Kier alpha value is -2.28. The summed E-state index contributed by atoms with van der Waals surface area (Å²) in [5.74, 6) is -2.82. The van der Waals surface area contributed by atoms with E-state index in [9.17, 15) is 19.5 Å². The van der Waals surface area contributed by atoms with Crippen LogP contribution in [-0.2, 0) is 14.4 Å². The topological polar surface area (TPSA) is 105 Å². The molecule has 25 heavy (non-hydrogen) atoms. The van der Waals surface area contributed by atoms with Crippen LogP contribution < -0.4 is 15.6 Å². The fraction of sp³-hybridized carbons (Fsp3) is 0.471. The van der Waals surface area contributed by atoms with Crippen LogP contribution in [0.3, 0.4) is 0 Å². The number of hydrazine groups is 1. The van der Waals surface area contributed by atoms with Crippen molar-refractivity contribution in [2.75, 3.05) is 6.61 Å². The fourth-order valence-corrected chi connectivity index (χ4v) is 3.15. The molecule has 1 aliphatic carbocycles. The van der Waals surface area contributed by atoms with Gasteiger partial charge in [-0.05, 0) is 43.5 Å². The smallest absolute Gasteiger partial charge is 0.307 e. The lowest BCUT2D eigenvalue weighted by atomic mass is 9.79. The highest BCUT2D eigenvalue weighted by Crippen LogP contribution is 2.30. The first kappa shape index (κ1) is 19.1. The number of halogens is 1. The molecule has 0 heterocycles. The van der Waals surface area contributed by atoms with E-state index in [2.05, 4.69) is 10.9 Å². The first-order valence-electron chi connectivity index (χ1n) is 8.09. The molecule has 2 rings (SSSR count). The second-order valence-electron chi connectivity index (χ2n) is 6.07. The second-order valence-corrected chi connectivity index (χ2v) is 6.51. The van der Waals surface area contributed by atoms with Gasteiger partial charge in [-0.15, -0.1) is 0 Å². The first-order chi connectivity index (χ1) is 11.9. The molecule has 1 aliphatic rings. The summed E-state index contributed by atoms with van der Waals surface area (Å²) in [6.45, 7) is 1.52. The minimum atomic E-state index is -0.979. The molecule has 0 spiro atoms. The molecule has 0 aromatic heterocycles. The Labute approximate surface area is 150 Å². The third-order valence-corrected chi connectivity index (χ3v) is 4.48. The summed E-state index contributed by atoms with van der Waals surface area (Å²) < 4.78 is 5.37. The molecular weight excluding hydrogens is 348 g/mol. The highest BCUT2D eigenvalue weighted by atomic mass is 35.5. The van der Waals surface area contributed by atoms with Crippen LogP contribution in [0.4, 0.5) is 0 Å². The Morgan fingerprint density at radius 1 is 1.20 bits per heavy atom. The lowest BCUT2D eigenvalue weighted by molar-refractivity contribution is -0.149. The molecule has 0 bridgehead atoms. The molecule has 1 aromatic rings. The summed E-state index contributed by atoms with van der Waals surface area (Å²) in [5.41, 5.74) is 5.34. The molecule has 1 saturated carbocycles. The number of aliphatic carboxylic acids is 1. The highest BCUT2D eigenvalue weighted by molar-refractivity contribution is 6.30. The maximum Gasteiger partial charge on any atom is 0.307 e. The monoisotopic (exact) mass is 368 g/mol. The maximum absolute atomic E-state index is 12.1. The number of amides is 2. The molecule has 2 unspecified atom stereocenters. The zero-order valence-electron chi connectivity index (χ0n) is 13.9. The Morgan fingerprint density at radius 2 is 1.88 bits per heavy atom.